The monoisotopic (exact) mass is 382 g/mol. The van der Waals surface area contributed by atoms with Crippen LogP contribution >= 0.6 is 0 Å². The molecular weight excluding hydrogens is 352 g/mol. The lowest BCUT2D eigenvalue weighted by Gasteiger charge is -2.36. The van der Waals surface area contributed by atoms with Crippen molar-refractivity contribution in [2.45, 2.75) is 76.5 Å². The van der Waals surface area contributed by atoms with Crippen molar-refractivity contribution in [1.82, 2.24) is 19.6 Å². The number of fused-ring (bicyclic) bond motifs is 3. The lowest BCUT2D eigenvalue weighted by atomic mass is 10.00. The van der Waals surface area contributed by atoms with E-state index in [0.717, 1.165) is 57.5 Å². The van der Waals surface area contributed by atoms with E-state index in [1.807, 2.05) is 12.1 Å². The highest BCUT2D eigenvalue weighted by molar-refractivity contribution is 5.27. The number of hydrogen-bond acceptors (Lipinski definition) is 5. The van der Waals surface area contributed by atoms with Gasteiger partial charge < -0.3 is 10.2 Å². The topological polar surface area (TPSA) is 64.8 Å². The van der Waals surface area contributed by atoms with Crippen LogP contribution in [0.25, 0.3) is 0 Å². The van der Waals surface area contributed by atoms with Crippen molar-refractivity contribution in [3.63, 3.8) is 0 Å². The van der Waals surface area contributed by atoms with Gasteiger partial charge in [-0.3, -0.25) is 14.5 Å². The molecule has 2 saturated heterocycles. The lowest BCUT2D eigenvalue weighted by Crippen LogP contribution is -2.44. The number of phenolic OH excluding ortho intramolecular Hbond substituents is 1. The second kappa shape index (κ2) is 7.50. The van der Waals surface area contributed by atoms with Gasteiger partial charge in [-0.25, -0.2) is 0 Å². The number of aliphatic hydroxyl groups excluding tert-OH is 1. The summed E-state index contributed by atoms with van der Waals surface area (Å²) in [6.45, 7) is 4.67. The SMILES string of the molecule is Oc1cccc(CN2CCCn3nc(CN4[C@@H]5CC[C@H]4CC(O)C5)cc3C2)c1. The number of piperidine rings is 1. The molecular formula is C22H30N4O2. The van der Waals surface area contributed by atoms with Gasteiger partial charge in [0, 0.05) is 44.8 Å². The van der Waals surface area contributed by atoms with Crippen LogP contribution in [-0.4, -0.2) is 54.5 Å². The molecule has 0 radical (unpaired) electrons. The van der Waals surface area contributed by atoms with Gasteiger partial charge in [0.25, 0.3) is 0 Å². The van der Waals surface area contributed by atoms with E-state index in [2.05, 4.69) is 26.6 Å². The van der Waals surface area contributed by atoms with E-state index in [0.29, 0.717) is 17.8 Å². The number of phenols is 1. The van der Waals surface area contributed by atoms with E-state index in [4.69, 9.17) is 5.10 Å². The van der Waals surface area contributed by atoms with E-state index >= 15 is 0 Å². The Kier molecular flexibility index (Phi) is 4.87. The summed E-state index contributed by atoms with van der Waals surface area (Å²) in [5.41, 5.74) is 3.61. The highest BCUT2D eigenvalue weighted by Gasteiger charge is 2.40. The summed E-state index contributed by atoms with van der Waals surface area (Å²) in [7, 11) is 0. The Morgan fingerprint density at radius 3 is 2.64 bits per heavy atom. The van der Waals surface area contributed by atoms with E-state index in [1.165, 1.54) is 24.2 Å². The van der Waals surface area contributed by atoms with Gasteiger partial charge in [-0.05, 0) is 55.9 Å². The molecule has 5 rings (SSSR count). The zero-order valence-electron chi connectivity index (χ0n) is 16.4. The van der Waals surface area contributed by atoms with Gasteiger partial charge in [0.15, 0.2) is 0 Å². The molecule has 4 heterocycles. The van der Waals surface area contributed by atoms with Crippen LogP contribution in [0.15, 0.2) is 30.3 Å². The maximum atomic E-state index is 10.0. The molecule has 3 aliphatic rings. The fourth-order valence-electron chi connectivity index (χ4n) is 5.40. The first-order valence-electron chi connectivity index (χ1n) is 10.6. The summed E-state index contributed by atoms with van der Waals surface area (Å²) in [5.74, 6) is 0.334. The zero-order valence-corrected chi connectivity index (χ0v) is 16.4. The van der Waals surface area contributed by atoms with Crippen LogP contribution in [0, 0.1) is 0 Å². The third-order valence-electron chi connectivity index (χ3n) is 6.66. The fraction of sp³-hybridized carbons (Fsp3) is 0.591. The summed E-state index contributed by atoms with van der Waals surface area (Å²) in [4.78, 5) is 5.03. The molecule has 3 aliphatic heterocycles. The van der Waals surface area contributed by atoms with Crippen LogP contribution in [0.5, 0.6) is 5.75 Å². The number of aromatic hydroxyl groups is 1. The Labute approximate surface area is 166 Å². The van der Waals surface area contributed by atoms with Gasteiger partial charge in [-0.1, -0.05) is 12.1 Å². The van der Waals surface area contributed by atoms with Gasteiger partial charge >= 0.3 is 0 Å². The standard InChI is InChI=1S/C22H30N4O2/c27-21-4-1-3-16(9-21)13-24-7-2-8-26-20(15-24)10-17(23-26)14-25-18-5-6-19(25)12-22(28)11-18/h1,3-4,9-10,18-19,22,27-28H,2,5-8,11-15H2/t18-,19+,22?. The lowest BCUT2D eigenvalue weighted by molar-refractivity contribution is 0.0302. The first-order valence-corrected chi connectivity index (χ1v) is 10.6. The molecule has 0 spiro atoms. The zero-order chi connectivity index (χ0) is 19.1. The van der Waals surface area contributed by atoms with E-state index in [-0.39, 0.29) is 6.10 Å². The van der Waals surface area contributed by atoms with E-state index < -0.39 is 0 Å². The number of hydrogen-bond donors (Lipinski definition) is 2. The maximum absolute atomic E-state index is 10.0. The number of aromatic nitrogens is 2. The average molecular weight is 383 g/mol. The summed E-state index contributed by atoms with van der Waals surface area (Å²) in [6, 6.07) is 10.9. The van der Waals surface area contributed by atoms with Crippen LogP contribution in [0.3, 0.4) is 0 Å². The molecule has 0 saturated carbocycles. The van der Waals surface area contributed by atoms with E-state index in [9.17, 15) is 10.2 Å². The molecule has 3 atom stereocenters. The molecule has 6 nitrogen and oxygen atoms in total. The Morgan fingerprint density at radius 1 is 1.04 bits per heavy atom. The van der Waals surface area contributed by atoms with Crippen molar-refractivity contribution in [3.8, 4) is 5.75 Å². The largest absolute Gasteiger partial charge is 0.508 e. The van der Waals surface area contributed by atoms with Gasteiger partial charge in [0.05, 0.1) is 17.5 Å². The van der Waals surface area contributed by atoms with Crippen LogP contribution in [-0.2, 0) is 26.2 Å². The van der Waals surface area contributed by atoms with Gasteiger partial charge in [-0.15, -0.1) is 0 Å². The Balaban J connectivity index is 1.28. The third-order valence-corrected chi connectivity index (χ3v) is 6.66. The normalized spacial score (nSPS) is 28.2. The first kappa shape index (κ1) is 18.2. The fourth-order valence-corrected chi connectivity index (χ4v) is 5.40. The van der Waals surface area contributed by atoms with Crippen LogP contribution < -0.4 is 0 Å². The molecule has 6 heteroatoms. The molecule has 1 aromatic heterocycles. The Hall–Kier alpha value is -1.89. The van der Waals surface area contributed by atoms with Gasteiger partial charge in [0.2, 0.25) is 0 Å². The summed E-state index contributed by atoms with van der Waals surface area (Å²) in [6.07, 6.45) is 5.25. The molecule has 0 amide bonds. The molecule has 1 aromatic carbocycles. The van der Waals surface area contributed by atoms with Crippen LogP contribution in [0.1, 0.15) is 49.1 Å². The minimum atomic E-state index is -0.113. The molecule has 28 heavy (non-hydrogen) atoms. The second-order valence-electron chi connectivity index (χ2n) is 8.77. The van der Waals surface area contributed by atoms with Crippen molar-refractivity contribution in [1.29, 1.82) is 0 Å². The first-order chi connectivity index (χ1) is 13.6. The van der Waals surface area contributed by atoms with Gasteiger partial charge in [0.1, 0.15) is 5.75 Å². The molecule has 2 aromatic rings. The summed E-state index contributed by atoms with van der Waals surface area (Å²) < 4.78 is 2.19. The molecule has 2 N–H and O–H groups in total. The van der Waals surface area contributed by atoms with Crippen LogP contribution in [0.2, 0.25) is 0 Å². The molecule has 150 valence electrons. The minimum absolute atomic E-state index is 0.113. The van der Waals surface area contributed by atoms with Crippen LogP contribution in [0.4, 0.5) is 0 Å². The number of aliphatic hydroxyl groups is 1. The van der Waals surface area contributed by atoms with Gasteiger partial charge in [-0.2, -0.15) is 5.10 Å². The van der Waals surface area contributed by atoms with Crippen molar-refractivity contribution in [3.05, 3.63) is 47.3 Å². The van der Waals surface area contributed by atoms with Crippen molar-refractivity contribution in [2.24, 2.45) is 0 Å². The quantitative estimate of drug-likeness (QED) is 0.851. The van der Waals surface area contributed by atoms with Crippen molar-refractivity contribution < 1.29 is 10.2 Å². The molecule has 0 aliphatic carbocycles. The number of benzene rings is 1. The number of aryl methyl sites for hydroxylation is 1. The average Bonchev–Trinajstić information content (AvgIpc) is 3.05. The predicted molar refractivity (Wildman–Crippen MR) is 107 cm³/mol. The van der Waals surface area contributed by atoms with Crippen molar-refractivity contribution in [2.75, 3.05) is 6.54 Å². The summed E-state index contributed by atoms with van der Waals surface area (Å²) >= 11 is 0. The number of nitrogens with zero attached hydrogens (tertiary/aromatic N) is 4. The Bertz CT molecular complexity index is 822. The molecule has 1 unspecified atom stereocenters. The maximum Gasteiger partial charge on any atom is 0.115 e. The molecule has 2 bridgehead atoms. The van der Waals surface area contributed by atoms with E-state index in [1.54, 1.807) is 6.07 Å². The smallest absolute Gasteiger partial charge is 0.115 e. The second-order valence-corrected chi connectivity index (χ2v) is 8.77. The highest BCUT2D eigenvalue weighted by atomic mass is 16.3. The minimum Gasteiger partial charge on any atom is -0.508 e. The Morgan fingerprint density at radius 2 is 1.86 bits per heavy atom. The predicted octanol–water partition coefficient (Wildman–Crippen LogP) is 2.48. The third kappa shape index (κ3) is 3.69. The highest BCUT2D eigenvalue weighted by Crippen LogP contribution is 2.36. The molecule has 2 fully saturated rings. The van der Waals surface area contributed by atoms with Crippen molar-refractivity contribution >= 4 is 0 Å². The summed E-state index contributed by atoms with van der Waals surface area (Å²) in [5, 5.41) is 24.7. The number of rotatable bonds is 4.